The lowest BCUT2D eigenvalue weighted by Crippen LogP contribution is -2.24. The Kier molecular flexibility index (Phi) is 5.59. The fourth-order valence-electron chi connectivity index (χ4n) is 2.62. The Hall–Kier alpha value is -3.21. The molecule has 1 heterocycles. The molecule has 0 unspecified atom stereocenters. The molecule has 0 spiro atoms. The molecule has 3 rings (SSSR count). The number of nitrogens with zero attached hydrogens (tertiary/aromatic N) is 1. The molecule has 0 aliphatic heterocycles. The molecule has 4 nitrogen and oxygen atoms in total. The van der Waals surface area contributed by atoms with Gasteiger partial charge in [-0.3, -0.25) is 4.79 Å². The van der Waals surface area contributed by atoms with Crippen LogP contribution in [-0.2, 0) is 13.0 Å². The minimum Gasteiger partial charge on any atom is -0.354 e. The summed E-state index contributed by atoms with van der Waals surface area (Å²) in [6.07, 6.45) is 2.54. The van der Waals surface area contributed by atoms with E-state index in [2.05, 4.69) is 28.6 Å². The number of nitrogens with one attached hydrogen (secondary N) is 2. The Morgan fingerprint density at radius 2 is 1.73 bits per heavy atom. The summed E-state index contributed by atoms with van der Waals surface area (Å²) in [5.74, 6) is -0.677. The first-order chi connectivity index (χ1) is 12.7. The molecule has 3 aromatic rings. The van der Waals surface area contributed by atoms with Crippen LogP contribution in [-0.4, -0.2) is 10.9 Å². The van der Waals surface area contributed by atoms with Gasteiger partial charge in [-0.2, -0.15) is 0 Å². The predicted octanol–water partition coefficient (Wildman–Crippen LogP) is 4.46. The van der Waals surface area contributed by atoms with Gasteiger partial charge in [0.2, 0.25) is 0 Å². The number of anilines is 2. The molecule has 0 aliphatic carbocycles. The van der Waals surface area contributed by atoms with E-state index in [0.29, 0.717) is 5.56 Å². The Labute approximate surface area is 152 Å². The average Bonchev–Trinajstić information content (AvgIpc) is 2.68. The standard InChI is InChI=1S/C21H20FN3O/c1-2-15-7-4-6-10-19(15)25-17-11-12-20(23-14-17)21(26)24-13-16-8-3-5-9-18(16)22/h3-12,14,25H,2,13H2,1H3,(H,24,26). The summed E-state index contributed by atoms with van der Waals surface area (Å²) in [6, 6.07) is 17.9. The molecule has 0 saturated heterocycles. The zero-order valence-corrected chi connectivity index (χ0v) is 14.5. The van der Waals surface area contributed by atoms with E-state index >= 15 is 0 Å². The number of aromatic nitrogens is 1. The maximum absolute atomic E-state index is 13.6. The molecule has 0 atom stereocenters. The van der Waals surface area contributed by atoms with Crippen molar-refractivity contribution in [3.8, 4) is 0 Å². The first-order valence-electron chi connectivity index (χ1n) is 8.50. The third kappa shape index (κ3) is 4.25. The van der Waals surface area contributed by atoms with E-state index in [1.807, 2.05) is 18.2 Å². The highest BCUT2D eigenvalue weighted by molar-refractivity contribution is 5.92. The van der Waals surface area contributed by atoms with Gasteiger partial charge in [-0.05, 0) is 36.2 Å². The van der Waals surface area contributed by atoms with Gasteiger partial charge in [-0.15, -0.1) is 0 Å². The molecule has 0 aliphatic rings. The van der Waals surface area contributed by atoms with Crippen molar-refractivity contribution in [2.24, 2.45) is 0 Å². The minimum absolute atomic E-state index is 0.122. The van der Waals surface area contributed by atoms with Crippen molar-refractivity contribution in [2.45, 2.75) is 19.9 Å². The van der Waals surface area contributed by atoms with Gasteiger partial charge in [-0.25, -0.2) is 9.37 Å². The Morgan fingerprint density at radius 1 is 1.00 bits per heavy atom. The number of aryl methyl sites for hydroxylation is 1. The highest BCUT2D eigenvalue weighted by Crippen LogP contribution is 2.20. The van der Waals surface area contributed by atoms with E-state index in [-0.39, 0.29) is 24.0 Å². The number of halogens is 1. The molecule has 0 radical (unpaired) electrons. The largest absolute Gasteiger partial charge is 0.354 e. The molecule has 0 saturated carbocycles. The smallest absolute Gasteiger partial charge is 0.270 e. The van der Waals surface area contributed by atoms with Crippen LogP contribution in [0.3, 0.4) is 0 Å². The van der Waals surface area contributed by atoms with Gasteiger partial charge in [-0.1, -0.05) is 43.3 Å². The van der Waals surface area contributed by atoms with Crippen molar-refractivity contribution in [3.63, 3.8) is 0 Å². The molecular formula is C21H20FN3O. The first kappa shape index (κ1) is 17.6. The SMILES string of the molecule is CCc1ccccc1Nc1ccc(C(=O)NCc2ccccc2F)nc1. The second-order valence-corrected chi connectivity index (χ2v) is 5.84. The third-order valence-corrected chi connectivity index (χ3v) is 4.07. The molecule has 5 heteroatoms. The van der Waals surface area contributed by atoms with Crippen LogP contribution in [0.25, 0.3) is 0 Å². The summed E-state index contributed by atoms with van der Waals surface area (Å²) in [5.41, 5.74) is 3.76. The number of rotatable bonds is 6. The van der Waals surface area contributed by atoms with Gasteiger partial charge in [0.25, 0.3) is 5.91 Å². The molecular weight excluding hydrogens is 329 g/mol. The third-order valence-electron chi connectivity index (χ3n) is 4.07. The van der Waals surface area contributed by atoms with Crippen LogP contribution in [0.15, 0.2) is 66.9 Å². The average molecular weight is 349 g/mol. The number of hydrogen-bond donors (Lipinski definition) is 2. The molecule has 26 heavy (non-hydrogen) atoms. The second kappa shape index (κ2) is 8.25. The van der Waals surface area contributed by atoms with E-state index in [0.717, 1.165) is 17.8 Å². The maximum Gasteiger partial charge on any atom is 0.270 e. The summed E-state index contributed by atoms with van der Waals surface area (Å²) in [7, 11) is 0. The Balaban J connectivity index is 1.63. The summed E-state index contributed by atoms with van der Waals surface area (Å²) in [4.78, 5) is 16.4. The van der Waals surface area contributed by atoms with Crippen molar-refractivity contribution in [3.05, 3.63) is 89.5 Å². The van der Waals surface area contributed by atoms with E-state index in [9.17, 15) is 9.18 Å². The highest BCUT2D eigenvalue weighted by Gasteiger charge is 2.09. The molecule has 0 bridgehead atoms. The van der Waals surface area contributed by atoms with Crippen LogP contribution in [0, 0.1) is 5.82 Å². The number of benzene rings is 2. The number of carbonyl (C=O) groups is 1. The molecule has 1 aromatic heterocycles. The number of hydrogen-bond acceptors (Lipinski definition) is 3. The molecule has 132 valence electrons. The second-order valence-electron chi connectivity index (χ2n) is 5.84. The van der Waals surface area contributed by atoms with E-state index in [4.69, 9.17) is 0 Å². The van der Waals surface area contributed by atoms with Crippen LogP contribution < -0.4 is 10.6 Å². The van der Waals surface area contributed by atoms with Crippen LogP contribution in [0.2, 0.25) is 0 Å². The lowest BCUT2D eigenvalue weighted by molar-refractivity contribution is 0.0945. The summed E-state index contributed by atoms with van der Waals surface area (Å²) >= 11 is 0. The lowest BCUT2D eigenvalue weighted by atomic mass is 10.1. The zero-order valence-electron chi connectivity index (χ0n) is 14.5. The first-order valence-corrected chi connectivity index (χ1v) is 8.50. The van der Waals surface area contributed by atoms with Gasteiger partial charge < -0.3 is 10.6 Å². The van der Waals surface area contributed by atoms with Crippen LogP contribution in [0.1, 0.15) is 28.5 Å². The molecule has 2 aromatic carbocycles. The van der Waals surface area contributed by atoms with Crippen molar-refractivity contribution in [2.75, 3.05) is 5.32 Å². The predicted molar refractivity (Wildman–Crippen MR) is 101 cm³/mol. The van der Waals surface area contributed by atoms with E-state index < -0.39 is 0 Å². The summed E-state index contributed by atoms with van der Waals surface area (Å²) in [6.45, 7) is 2.22. The van der Waals surface area contributed by atoms with Crippen molar-refractivity contribution < 1.29 is 9.18 Å². The zero-order chi connectivity index (χ0) is 18.4. The number of carbonyl (C=O) groups excluding carboxylic acids is 1. The van der Waals surface area contributed by atoms with Crippen LogP contribution in [0.5, 0.6) is 0 Å². The van der Waals surface area contributed by atoms with Crippen LogP contribution >= 0.6 is 0 Å². The number of para-hydroxylation sites is 1. The lowest BCUT2D eigenvalue weighted by Gasteiger charge is -2.11. The van der Waals surface area contributed by atoms with Gasteiger partial charge in [0.1, 0.15) is 11.5 Å². The quantitative estimate of drug-likeness (QED) is 0.691. The van der Waals surface area contributed by atoms with Gasteiger partial charge in [0.05, 0.1) is 11.9 Å². The topological polar surface area (TPSA) is 54.0 Å². The number of amides is 1. The van der Waals surface area contributed by atoms with Crippen molar-refractivity contribution in [1.29, 1.82) is 0 Å². The van der Waals surface area contributed by atoms with Crippen LogP contribution in [0.4, 0.5) is 15.8 Å². The van der Waals surface area contributed by atoms with Gasteiger partial charge in [0, 0.05) is 17.8 Å². The Bertz CT molecular complexity index is 894. The van der Waals surface area contributed by atoms with Crippen molar-refractivity contribution in [1.82, 2.24) is 10.3 Å². The number of pyridine rings is 1. The maximum atomic E-state index is 13.6. The highest BCUT2D eigenvalue weighted by atomic mass is 19.1. The van der Waals surface area contributed by atoms with Crippen molar-refractivity contribution >= 4 is 17.3 Å². The molecule has 0 fully saturated rings. The molecule has 1 amide bonds. The van der Waals surface area contributed by atoms with Gasteiger partial charge in [0.15, 0.2) is 0 Å². The summed E-state index contributed by atoms with van der Waals surface area (Å²) < 4.78 is 13.6. The monoisotopic (exact) mass is 349 g/mol. The van der Waals surface area contributed by atoms with Gasteiger partial charge >= 0.3 is 0 Å². The minimum atomic E-state index is -0.339. The Morgan fingerprint density at radius 3 is 2.42 bits per heavy atom. The fraction of sp³-hybridized carbons (Fsp3) is 0.143. The van der Waals surface area contributed by atoms with E-state index in [1.165, 1.54) is 11.6 Å². The normalized spacial score (nSPS) is 10.4. The molecule has 2 N–H and O–H groups in total. The summed E-state index contributed by atoms with van der Waals surface area (Å²) in [5, 5.41) is 5.99. The van der Waals surface area contributed by atoms with E-state index in [1.54, 1.807) is 36.5 Å². The fourth-order valence-corrected chi connectivity index (χ4v) is 2.62.